The second-order valence-electron chi connectivity index (χ2n) is 4.56. The maximum Gasteiger partial charge on any atom is 0.265 e. The fourth-order valence-electron chi connectivity index (χ4n) is 2.07. The standard InChI is InChI=1S/C13H16ClN3O4S/c1-7-13(8(2)16-15-7)22(18,19)17-10-5-9(14)11(20-3)6-12(10)21-4/h5-6,17H,1-4H3,(H,15,16). The van der Waals surface area contributed by atoms with E-state index in [9.17, 15) is 8.42 Å². The molecule has 1 aromatic heterocycles. The van der Waals surface area contributed by atoms with Crippen LogP contribution in [0, 0.1) is 13.8 Å². The largest absolute Gasteiger partial charge is 0.495 e. The minimum absolute atomic E-state index is 0.0986. The third-order valence-electron chi connectivity index (χ3n) is 3.05. The average Bonchev–Trinajstić information content (AvgIpc) is 2.78. The van der Waals surface area contributed by atoms with Gasteiger partial charge in [-0.1, -0.05) is 11.6 Å². The van der Waals surface area contributed by atoms with Crippen LogP contribution in [0.3, 0.4) is 0 Å². The summed E-state index contributed by atoms with van der Waals surface area (Å²) >= 11 is 6.04. The number of hydrogen-bond donors (Lipinski definition) is 2. The zero-order valence-corrected chi connectivity index (χ0v) is 14.1. The Morgan fingerprint density at radius 3 is 2.32 bits per heavy atom. The highest BCUT2D eigenvalue weighted by molar-refractivity contribution is 7.92. The van der Waals surface area contributed by atoms with Gasteiger partial charge in [-0.05, 0) is 19.9 Å². The van der Waals surface area contributed by atoms with E-state index in [1.165, 1.54) is 26.4 Å². The molecule has 0 saturated heterocycles. The Bertz CT molecular complexity index is 782. The number of nitrogens with zero attached hydrogens (tertiary/aromatic N) is 1. The quantitative estimate of drug-likeness (QED) is 0.868. The average molecular weight is 346 g/mol. The molecule has 0 spiro atoms. The van der Waals surface area contributed by atoms with Crippen molar-refractivity contribution in [3.05, 3.63) is 28.5 Å². The minimum Gasteiger partial charge on any atom is -0.495 e. The predicted octanol–water partition coefficient (Wildman–Crippen LogP) is 2.50. The number of methoxy groups -OCH3 is 2. The van der Waals surface area contributed by atoms with E-state index < -0.39 is 10.0 Å². The molecule has 0 atom stereocenters. The van der Waals surface area contributed by atoms with Gasteiger partial charge in [0.1, 0.15) is 16.4 Å². The second-order valence-corrected chi connectivity index (χ2v) is 6.58. The van der Waals surface area contributed by atoms with E-state index >= 15 is 0 Å². The van der Waals surface area contributed by atoms with Gasteiger partial charge in [0.05, 0.1) is 36.3 Å². The second kappa shape index (κ2) is 6.05. The van der Waals surface area contributed by atoms with Crippen LogP contribution in [0.15, 0.2) is 17.0 Å². The molecule has 0 radical (unpaired) electrons. The van der Waals surface area contributed by atoms with E-state index in [-0.39, 0.29) is 15.6 Å². The number of aryl methyl sites for hydroxylation is 2. The summed E-state index contributed by atoms with van der Waals surface area (Å²) in [5, 5.41) is 6.80. The Hall–Kier alpha value is -1.93. The van der Waals surface area contributed by atoms with Crippen LogP contribution in [0.25, 0.3) is 0 Å². The lowest BCUT2D eigenvalue weighted by molar-refractivity contribution is 0.396. The van der Waals surface area contributed by atoms with Crippen molar-refractivity contribution in [3.8, 4) is 11.5 Å². The molecule has 0 aliphatic heterocycles. The van der Waals surface area contributed by atoms with Crippen molar-refractivity contribution < 1.29 is 17.9 Å². The Balaban J connectivity index is 2.48. The lowest BCUT2D eigenvalue weighted by atomic mass is 10.3. The molecule has 0 unspecified atom stereocenters. The third kappa shape index (κ3) is 2.97. The number of aromatic amines is 1. The molecule has 1 heterocycles. The van der Waals surface area contributed by atoms with Crippen LogP contribution in [-0.4, -0.2) is 32.8 Å². The maximum atomic E-state index is 12.5. The van der Waals surface area contributed by atoms with Crippen molar-refractivity contribution in [3.63, 3.8) is 0 Å². The molecular formula is C13H16ClN3O4S. The molecule has 120 valence electrons. The van der Waals surface area contributed by atoms with E-state index in [0.717, 1.165) is 0 Å². The van der Waals surface area contributed by atoms with E-state index in [0.29, 0.717) is 22.9 Å². The highest BCUT2D eigenvalue weighted by atomic mass is 35.5. The summed E-state index contributed by atoms with van der Waals surface area (Å²) in [5.74, 6) is 0.681. The molecule has 2 N–H and O–H groups in total. The van der Waals surface area contributed by atoms with Gasteiger partial charge in [-0.2, -0.15) is 5.10 Å². The molecule has 2 aromatic rings. The summed E-state index contributed by atoms with van der Waals surface area (Å²) in [6, 6.07) is 2.94. The van der Waals surface area contributed by atoms with Gasteiger partial charge in [0.25, 0.3) is 10.0 Å². The molecule has 0 amide bonds. The van der Waals surface area contributed by atoms with Crippen LogP contribution >= 0.6 is 11.6 Å². The molecule has 1 aromatic carbocycles. The fraction of sp³-hybridized carbons (Fsp3) is 0.308. The first-order valence-electron chi connectivity index (χ1n) is 6.26. The number of sulfonamides is 1. The zero-order chi connectivity index (χ0) is 16.5. The fourth-order valence-corrected chi connectivity index (χ4v) is 3.75. The molecule has 0 bridgehead atoms. The number of nitrogens with one attached hydrogen (secondary N) is 2. The van der Waals surface area contributed by atoms with Crippen LogP contribution in [0.2, 0.25) is 5.02 Å². The van der Waals surface area contributed by atoms with Crippen molar-refractivity contribution >= 4 is 27.3 Å². The van der Waals surface area contributed by atoms with Crippen molar-refractivity contribution in [1.29, 1.82) is 0 Å². The highest BCUT2D eigenvalue weighted by Gasteiger charge is 2.24. The van der Waals surface area contributed by atoms with E-state index in [1.54, 1.807) is 13.8 Å². The van der Waals surface area contributed by atoms with Gasteiger partial charge in [-0.3, -0.25) is 9.82 Å². The smallest absolute Gasteiger partial charge is 0.265 e. The number of benzene rings is 1. The van der Waals surface area contributed by atoms with Gasteiger partial charge >= 0.3 is 0 Å². The van der Waals surface area contributed by atoms with Gasteiger partial charge in [0, 0.05) is 6.07 Å². The van der Waals surface area contributed by atoms with E-state index in [1.807, 2.05) is 0 Å². The van der Waals surface area contributed by atoms with Gasteiger partial charge in [0.2, 0.25) is 0 Å². The van der Waals surface area contributed by atoms with Crippen molar-refractivity contribution in [2.24, 2.45) is 0 Å². The normalized spacial score (nSPS) is 11.3. The summed E-state index contributed by atoms with van der Waals surface area (Å²) in [6.07, 6.45) is 0. The number of anilines is 1. The van der Waals surface area contributed by atoms with Crippen molar-refractivity contribution in [2.45, 2.75) is 18.7 Å². The van der Waals surface area contributed by atoms with Gasteiger partial charge in [0.15, 0.2) is 0 Å². The van der Waals surface area contributed by atoms with Crippen LogP contribution in [0.4, 0.5) is 5.69 Å². The number of H-pyrrole nitrogens is 1. The number of hydrogen-bond acceptors (Lipinski definition) is 5. The molecule has 0 aliphatic rings. The Morgan fingerprint density at radius 1 is 1.18 bits per heavy atom. The topological polar surface area (TPSA) is 93.3 Å². The number of halogens is 1. The first kappa shape index (κ1) is 16.4. The maximum absolute atomic E-state index is 12.5. The number of aromatic nitrogens is 2. The van der Waals surface area contributed by atoms with Crippen molar-refractivity contribution in [2.75, 3.05) is 18.9 Å². The molecule has 22 heavy (non-hydrogen) atoms. The predicted molar refractivity (Wildman–Crippen MR) is 83.4 cm³/mol. The molecule has 0 aliphatic carbocycles. The van der Waals surface area contributed by atoms with Crippen molar-refractivity contribution in [1.82, 2.24) is 10.2 Å². The summed E-state index contributed by atoms with van der Waals surface area (Å²) in [6.45, 7) is 3.24. The van der Waals surface area contributed by atoms with Crippen LogP contribution in [-0.2, 0) is 10.0 Å². The highest BCUT2D eigenvalue weighted by Crippen LogP contribution is 2.37. The Labute approximate surface area is 133 Å². The van der Waals surface area contributed by atoms with Gasteiger partial charge < -0.3 is 9.47 Å². The first-order chi connectivity index (χ1) is 10.3. The summed E-state index contributed by atoms with van der Waals surface area (Å²) < 4.78 is 37.8. The number of rotatable bonds is 5. The zero-order valence-electron chi connectivity index (χ0n) is 12.5. The molecule has 0 saturated carbocycles. The lowest BCUT2D eigenvalue weighted by Crippen LogP contribution is -2.15. The summed E-state index contributed by atoms with van der Waals surface area (Å²) in [4.78, 5) is 0.0986. The summed E-state index contributed by atoms with van der Waals surface area (Å²) in [7, 11) is -0.937. The van der Waals surface area contributed by atoms with E-state index in [4.69, 9.17) is 21.1 Å². The molecule has 9 heteroatoms. The Kier molecular flexibility index (Phi) is 4.52. The Morgan fingerprint density at radius 2 is 1.82 bits per heavy atom. The lowest BCUT2D eigenvalue weighted by Gasteiger charge is -2.14. The number of ether oxygens (including phenoxy) is 2. The van der Waals surface area contributed by atoms with Crippen LogP contribution < -0.4 is 14.2 Å². The van der Waals surface area contributed by atoms with Crippen LogP contribution in [0.1, 0.15) is 11.4 Å². The SMILES string of the molecule is COc1cc(OC)c(NS(=O)(=O)c2c(C)n[nH]c2C)cc1Cl. The third-order valence-corrected chi connectivity index (χ3v) is 4.97. The minimum atomic E-state index is -3.82. The van der Waals surface area contributed by atoms with Gasteiger partial charge in [-0.15, -0.1) is 0 Å². The summed E-state index contributed by atoms with van der Waals surface area (Å²) in [5.41, 5.74) is 1.04. The van der Waals surface area contributed by atoms with E-state index in [2.05, 4.69) is 14.9 Å². The molecule has 7 nitrogen and oxygen atoms in total. The molecular weight excluding hydrogens is 330 g/mol. The molecule has 2 rings (SSSR count). The molecule has 0 fully saturated rings. The van der Waals surface area contributed by atoms with Gasteiger partial charge in [-0.25, -0.2) is 8.42 Å². The van der Waals surface area contributed by atoms with Crippen LogP contribution in [0.5, 0.6) is 11.5 Å². The monoisotopic (exact) mass is 345 g/mol. The first-order valence-corrected chi connectivity index (χ1v) is 8.12.